The number of hydrogen-bond acceptors (Lipinski definition) is 4. The molecule has 1 aromatic rings. The van der Waals surface area contributed by atoms with E-state index in [1.807, 2.05) is 0 Å². The molecule has 0 aliphatic rings. The summed E-state index contributed by atoms with van der Waals surface area (Å²) in [5.41, 5.74) is 0.942. The van der Waals surface area contributed by atoms with Crippen molar-refractivity contribution in [2.75, 3.05) is 5.32 Å². The maximum absolute atomic E-state index is 11.5. The van der Waals surface area contributed by atoms with Crippen molar-refractivity contribution in [2.24, 2.45) is 0 Å². The molecule has 1 amide bonds. The molecule has 18 heavy (non-hydrogen) atoms. The van der Waals surface area contributed by atoms with Gasteiger partial charge in [-0.3, -0.25) is 10.1 Å². The molecule has 5 nitrogen and oxygen atoms in total. The molecule has 0 spiro atoms. The fourth-order valence-electron chi connectivity index (χ4n) is 1.24. The Bertz CT molecular complexity index is 406. The first kappa shape index (κ1) is 14.0. The third-order valence-electron chi connectivity index (χ3n) is 1.92. The summed E-state index contributed by atoms with van der Waals surface area (Å²) in [5.74, 6) is 0. The van der Waals surface area contributed by atoms with E-state index in [4.69, 9.17) is 4.74 Å². The van der Waals surface area contributed by atoms with Gasteiger partial charge in [0.05, 0.1) is 0 Å². The van der Waals surface area contributed by atoms with Crippen molar-refractivity contribution in [3.05, 3.63) is 29.8 Å². The maximum atomic E-state index is 11.5. The van der Waals surface area contributed by atoms with Crippen molar-refractivity contribution in [2.45, 2.75) is 33.0 Å². The van der Waals surface area contributed by atoms with Crippen LogP contribution in [0.3, 0.4) is 0 Å². The fraction of sp³-hybridized carbons (Fsp3) is 0.385. The number of benzene rings is 1. The van der Waals surface area contributed by atoms with Gasteiger partial charge in [0.1, 0.15) is 12.2 Å². The molecule has 1 N–H and O–H groups in total. The lowest BCUT2D eigenvalue weighted by molar-refractivity contribution is -0.129. The number of rotatable bonds is 4. The molecular weight excluding hydrogens is 234 g/mol. The van der Waals surface area contributed by atoms with Crippen LogP contribution in [-0.4, -0.2) is 18.2 Å². The second-order valence-corrected chi connectivity index (χ2v) is 4.73. The maximum Gasteiger partial charge on any atom is 0.412 e. The van der Waals surface area contributed by atoms with Crippen LogP contribution in [0.1, 0.15) is 26.3 Å². The van der Waals surface area contributed by atoms with E-state index >= 15 is 0 Å². The Morgan fingerprint density at radius 2 is 1.89 bits per heavy atom. The third-order valence-corrected chi connectivity index (χ3v) is 1.92. The smallest absolute Gasteiger partial charge is 0.412 e. The molecule has 0 radical (unpaired) electrons. The zero-order valence-electron chi connectivity index (χ0n) is 10.7. The van der Waals surface area contributed by atoms with Gasteiger partial charge in [0, 0.05) is 5.69 Å². The number of ether oxygens (including phenoxy) is 2. The van der Waals surface area contributed by atoms with Crippen LogP contribution in [0.2, 0.25) is 0 Å². The predicted molar refractivity (Wildman–Crippen MR) is 67.2 cm³/mol. The van der Waals surface area contributed by atoms with Crippen LogP contribution in [0.25, 0.3) is 0 Å². The van der Waals surface area contributed by atoms with Gasteiger partial charge < -0.3 is 9.47 Å². The van der Waals surface area contributed by atoms with Crippen molar-refractivity contribution >= 4 is 18.3 Å². The lowest BCUT2D eigenvalue weighted by Crippen LogP contribution is -2.27. The summed E-state index contributed by atoms with van der Waals surface area (Å²) in [6.45, 7) is 6.01. The van der Waals surface area contributed by atoms with Crippen LogP contribution < -0.4 is 5.32 Å². The molecule has 0 aromatic heterocycles. The molecule has 0 aliphatic carbocycles. The number of hydrogen-bond donors (Lipinski definition) is 1. The van der Waals surface area contributed by atoms with Crippen LogP contribution >= 0.6 is 0 Å². The highest BCUT2D eigenvalue weighted by Gasteiger charge is 2.15. The Morgan fingerprint density at radius 3 is 2.39 bits per heavy atom. The molecule has 0 atom stereocenters. The van der Waals surface area contributed by atoms with E-state index in [1.165, 1.54) is 0 Å². The number of carbonyl (C=O) groups is 2. The van der Waals surface area contributed by atoms with Crippen LogP contribution in [0, 0.1) is 0 Å². The summed E-state index contributed by atoms with van der Waals surface area (Å²) >= 11 is 0. The first-order valence-corrected chi connectivity index (χ1v) is 5.55. The SMILES string of the molecule is CC(C)(C)OC(=O)Nc1ccc(COC=O)cc1. The molecule has 0 aliphatic heterocycles. The van der Waals surface area contributed by atoms with E-state index in [0.29, 0.717) is 12.2 Å². The molecule has 1 rings (SSSR count). The Balaban J connectivity index is 2.53. The minimum absolute atomic E-state index is 0.218. The van der Waals surface area contributed by atoms with Gasteiger partial charge in [-0.2, -0.15) is 0 Å². The molecular formula is C13H17NO4. The van der Waals surface area contributed by atoms with Gasteiger partial charge in [0.15, 0.2) is 0 Å². The van der Waals surface area contributed by atoms with E-state index in [9.17, 15) is 9.59 Å². The number of carbonyl (C=O) groups excluding carboxylic acids is 2. The Hall–Kier alpha value is -2.04. The van der Waals surface area contributed by atoms with Gasteiger partial charge in [0.2, 0.25) is 0 Å². The summed E-state index contributed by atoms with van der Waals surface area (Å²) in [7, 11) is 0. The van der Waals surface area contributed by atoms with Crippen LogP contribution in [-0.2, 0) is 20.9 Å². The number of anilines is 1. The van der Waals surface area contributed by atoms with E-state index in [-0.39, 0.29) is 6.61 Å². The van der Waals surface area contributed by atoms with E-state index in [0.717, 1.165) is 5.56 Å². The predicted octanol–water partition coefficient (Wildman–Crippen LogP) is 2.71. The van der Waals surface area contributed by atoms with Crippen molar-refractivity contribution in [3.8, 4) is 0 Å². The summed E-state index contributed by atoms with van der Waals surface area (Å²) in [4.78, 5) is 21.5. The highest BCUT2D eigenvalue weighted by Crippen LogP contribution is 2.13. The molecule has 0 unspecified atom stereocenters. The van der Waals surface area contributed by atoms with Crippen LogP contribution in [0.4, 0.5) is 10.5 Å². The van der Waals surface area contributed by atoms with Gasteiger partial charge >= 0.3 is 6.09 Å². The standard InChI is InChI=1S/C13H17NO4/c1-13(2,3)18-12(16)14-11-6-4-10(5-7-11)8-17-9-15/h4-7,9H,8H2,1-3H3,(H,14,16). The molecule has 0 saturated heterocycles. The van der Waals surface area contributed by atoms with Crippen molar-refractivity contribution in [1.82, 2.24) is 0 Å². The molecule has 0 heterocycles. The van der Waals surface area contributed by atoms with E-state index < -0.39 is 11.7 Å². The molecule has 0 bridgehead atoms. The molecule has 0 fully saturated rings. The Kier molecular flexibility index (Phi) is 4.71. The number of nitrogens with one attached hydrogen (secondary N) is 1. The van der Waals surface area contributed by atoms with Gasteiger partial charge in [-0.1, -0.05) is 12.1 Å². The first-order valence-electron chi connectivity index (χ1n) is 5.55. The topological polar surface area (TPSA) is 64.6 Å². The van der Waals surface area contributed by atoms with E-state index in [1.54, 1.807) is 45.0 Å². The summed E-state index contributed by atoms with van der Waals surface area (Å²) in [6.07, 6.45) is -0.501. The normalized spacial score (nSPS) is 10.6. The second-order valence-electron chi connectivity index (χ2n) is 4.73. The molecule has 98 valence electrons. The zero-order valence-corrected chi connectivity index (χ0v) is 10.7. The third kappa shape index (κ3) is 5.34. The highest BCUT2D eigenvalue weighted by molar-refractivity contribution is 5.84. The lowest BCUT2D eigenvalue weighted by Gasteiger charge is -2.19. The van der Waals surface area contributed by atoms with Crippen LogP contribution in [0.15, 0.2) is 24.3 Å². The molecule has 5 heteroatoms. The monoisotopic (exact) mass is 251 g/mol. The quantitative estimate of drug-likeness (QED) is 0.835. The summed E-state index contributed by atoms with van der Waals surface area (Å²) in [6, 6.07) is 6.95. The minimum atomic E-state index is -0.526. The Morgan fingerprint density at radius 1 is 1.28 bits per heavy atom. The highest BCUT2D eigenvalue weighted by atomic mass is 16.6. The van der Waals surface area contributed by atoms with Gasteiger partial charge in [-0.15, -0.1) is 0 Å². The molecule has 0 saturated carbocycles. The first-order chi connectivity index (χ1) is 8.40. The van der Waals surface area contributed by atoms with Gasteiger partial charge in [0.25, 0.3) is 6.47 Å². The number of amides is 1. The Labute approximate surface area is 106 Å². The van der Waals surface area contributed by atoms with Gasteiger partial charge in [-0.25, -0.2) is 4.79 Å². The lowest BCUT2D eigenvalue weighted by atomic mass is 10.2. The summed E-state index contributed by atoms with van der Waals surface area (Å²) in [5, 5.41) is 2.61. The average Bonchev–Trinajstić information content (AvgIpc) is 2.25. The average molecular weight is 251 g/mol. The minimum Gasteiger partial charge on any atom is -0.463 e. The molecule has 1 aromatic carbocycles. The fourth-order valence-corrected chi connectivity index (χ4v) is 1.24. The van der Waals surface area contributed by atoms with Gasteiger partial charge in [-0.05, 0) is 38.5 Å². The van der Waals surface area contributed by atoms with Crippen molar-refractivity contribution in [1.29, 1.82) is 0 Å². The summed E-state index contributed by atoms with van der Waals surface area (Å²) < 4.78 is 9.73. The largest absolute Gasteiger partial charge is 0.463 e. The van der Waals surface area contributed by atoms with Crippen molar-refractivity contribution < 1.29 is 19.1 Å². The second kappa shape index (κ2) is 6.05. The van der Waals surface area contributed by atoms with Crippen LogP contribution in [0.5, 0.6) is 0 Å². The van der Waals surface area contributed by atoms with E-state index in [2.05, 4.69) is 10.1 Å². The van der Waals surface area contributed by atoms with Crippen molar-refractivity contribution in [3.63, 3.8) is 0 Å². The zero-order chi connectivity index (χ0) is 13.6.